The third kappa shape index (κ3) is 2.16. The van der Waals surface area contributed by atoms with Gasteiger partial charge >= 0.3 is 5.97 Å². The van der Waals surface area contributed by atoms with Crippen LogP contribution < -0.4 is 4.72 Å². The van der Waals surface area contributed by atoms with Crippen LogP contribution in [0.5, 0.6) is 0 Å². The number of para-hydroxylation sites is 1. The first kappa shape index (κ1) is 14.6. The first-order valence-electron chi connectivity index (χ1n) is 6.64. The van der Waals surface area contributed by atoms with Crippen molar-refractivity contribution in [3.63, 3.8) is 0 Å². The highest BCUT2D eigenvalue weighted by atomic mass is 32.2. The number of sulfonamides is 1. The third-order valence-corrected chi connectivity index (χ3v) is 5.13. The van der Waals surface area contributed by atoms with E-state index < -0.39 is 32.4 Å². The van der Waals surface area contributed by atoms with Crippen LogP contribution in [0.3, 0.4) is 0 Å². The molecule has 1 aromatic carbocycles. The van der Waals surface area contributed by atoms with Crippen molar-refractivity contribution >= 4 is 32.9 Å². The zero-order valence-corrected chi connectivity index (χ0v) is 12.2. The number of carboxylic acids is 1. The van der Waals surface area contributed by atoms with Gasteiger partial charge in [0.2, 0.25) is 5.09 Å². The van der Waals surface area contributed by atoms with Crippen molar-refractivity contribution < 1.29 is 27.5 Å². The van der Waals surface area contributed by atoms with Gasteiger partial charge in [-0.1, -0.05) is 24.6 Å². The lowest BCUT2D eigenvalue weighted by Crippen LogP contribution is -2.52. The molecule has 1 heterocycles. The Balaban J connectivity index is 1.90. The first-order chi connectivity index (χ1) is 10.3. The second-order valence-corrected chi connectivity index (χ2v) is 6.89. The summed E-state index contributed by atoms with van der Waals surface area (Å²) in [5, 5.41) is 9.32. The van der Waals surface area contributed by atoms with Crippen LogP contribution in [-0.2, 0) is 19.6 Å². The van der Waals surface area contributed by atoms with Gasteiger partial charge in [0, 0.05) is 11.5 Å². The summed E-state index contributed by atoms with van der Waals surface area (Å²) in [4.78, 5) is 23.3. The van der Waals surface area contributed by atoms with E-state index in [9.17, 15) is 18.0 Å². The van der Waals surface area contributed by atoms with Gasteiger partial charge in [-0.05, 0) is 18.9 Å². The fraction of sp³-hybridized carbons (Fsp3) is 0.286. The van der Waals surface area contributed by atoms with Crippen LogP contribution in [0.4, 0.5) is 0 Å². The van der Waals surface area contributed by atoms with Crippen molar-refractivity contribution in [3.05, 3.63) is 30.3 Å². The van der Waals surface area contributed by atoms with E-state index in [4.69, 9.17) is 9.52 Å². The number of furan rings is 1. The Morgan fingerprint density at radius 1 is 1.23 bits per heavy atom. The Bertz CT molecular complexity index is 829. The molecule has 0 saturated heterocycles. The van der Waals surface area contributed by atoms with Gasteiger partial charge in [-0.2, -0.15) is 8.42 Å². The van der Waals surface area contributed by atoms with Gasteiger partial charge in [-0.3, -0.25) is 9.59 Å². The number of carboxylic acid groups (broad SMARTS) is 1. The third-order valence-electron chi connectivity index (χ3n) is 3.95. The fourth-order valence-electron chi connectivity index (χ4n) is 2.43. The van der Waals surface area contributed by atoms with E-state index in [1.807, 2.05) is 4.72 Å². The van der Waals surface area contributed by atoms with Crippen molar-refractivity contribution in [2.75, 3.05) is 0 Å². The van der Waals surface area contributed by atoms with Crippen LogP contribution in [0.25, 0.3) is 11.0 Å². The summed E-state index contributed by atoms with van der Waals surface area (Å²) >= 11 is 0. The van der Waals surface area contributed by atoms with E-state index in [2.05, 4.69) is 0 Å². The van der Waals surface area contributed by atoms with Crippen molar-refractivity contribution in [1.29, 1.82) is 0 Å². The quantitative estimate of drug-likeness (QED) is 0.824. The molecule has 0 unspecified atom stereocenters. The molecule has 1 aliphatic rings. The van der Waals surface area contributed by atoms with E-state index in [0.717, 1.165) is 0 Å². The lowest BCUT2D eigenvalue weighted by Gasteiger charge is -2.35. The van der Waals surface area contributed by atoms with Crippen LogP contribution in [0, 0.1) is 5.41 Å². The molecule has 22 heavy (non-hydrogen) atoms. The minimum atomic E-state index is -4.24. The maximum atomic E-state index is 12.2. The van der Waals surface area contributed by atoms with Crippen LogP contribution in [0.15, 0.2) is 39.8 Å². The Morgan fingerprint density at radius 2 is 1.91 bits per heavy atom. The van der Waals surface area contributed by atoms with Gasteiger partial charge in [0.25, 0.3) is 15.9 Å². The number of amides is 1. The number of carbonyl (C=O) groups excluding carboxylic acids is 1. The molecule has 1 aromatic heterocycles. The van der Waals surface area contributed by atoms with E-state index in [1.165, 1.54) is 6.07 Å². The van der Waals surface area contributed by atoms with E-state index >= 15 is 0 Å². The predicted octanol–water partition coefficient (Wildman–Crippen LogP) is 1.49. The van der Waals surface area contributed by atoms with Crippen LogP contribution in [0.1, 0.15) is 19.3 Å². The monoisotopic (exact) mass is 323 g/mol. The first-order valence-corrected chi connectivity index (χ1v) is 8.13. The molecule has 8 heteroatoms. The Morgan fingerprint density at radius 3 is 2.45 bits per heavy atom. The zero-order valence-electron chi connectivity index (χ0n) is 11.4. The van der Waals surface area contributed by atoms with Gasteiger partial charge in [0.1, 0.15) is 11.0 Å². The number of carbonyl (C=O) groups is 2. The number of nitrogens with one attached hydrogen (secondary N) is 1. The summed E-state index contributed by atoms with van der Waals surface area (Å²) in [7, 11) is -4.24. The topological polar surface area (TPSA) is 114 Å². The van der Waals surface area contributed by atoms with E-state index in [1.54, 1.807) is 24.3 Å². The molecule has 0 spiro atoms. The molecule has 1 amide bonds. The minimum Gasteiger partial charge on any atom is -0.480 e. The van der Waals surface area contributed by atoms with Gasteiger partial charge < -0.3 is 9.52 Å². The lowest BCUT2D eigenvalue weighted by molar-refractivity contribution is -0.161. The Labute approximate surface area is 126 Å². The summed E-state index contributed by atoms with van der Waals surface area (Å²) < 4.78 is 31.4. The van der Waals surface area contributed by atoms with Crippen molar-refractivity contribution in [1.82, 2.24) is 4.72 Å². The summed E-state index contributed by atoms with van der Waals surface area (Å²) in [5.74, 6) is -2.33. The molecule has 0 bridgehead atoms. The minimum absolute atomic E-state index is 0.129. The van der Waals surface area contributed by atoms with Gasteiger partial charge in [0.15, 0.2) is 0 Å². The van der Waals surface area contributed by atoms with Crippen molar-refractivity contribution in [2.24, 2.45) is 5.41 Å². The average molecular weight is 323 g/mol. The molecule has 1 aliphatic carbocycles. The van der Waals surface area contributed by atoms with Gasteiger partial charge in [-0.15, -0.1) is 0 Å². The van der Waals surface area contributed by atoms with Crippen molar-refractivity contribution in [2.45, 2.75) is 24.4 Å². The lowest BCUT2D eigenvalue weighted by atomic mass is 9.68. The Kier molecular flexibility index (Phi) is 3.21. The number of hydrogen-bond acceptors (Lipinski definition) is 5. The predicted molar refractivity (Wildman–Crippen MR) is 75.5 cm³/mol. The SMILES string of the molecule is O=C(O)C1(C(=O)NS(=O)(=O)c2cc3ccccc3o2)CCC1. The molecule has 1 saturated carbocycles. The van der Waals surface area contributed by atoms with Crippen LogP contribution in [0.2, 0.25) is 0 Å². The normalized spacial score (nSPS) is 16.9. The molecule has 1 fully saturated rings. The molecule has 0 radical (unpaired) electrons. The highest BCUT2D eigenvalue weighted by Gasteiger charge is 2.52. The highest BCUT2D eigenvalue weighted by Crippen LogP contribution is 2.41. The number of benzene rings is 1. The summed E-state index contributed by atoms with van der Waals surface area (Å²) in [6, 6.07) is 7.97. The van der Waals surface area contributed by atoms with E-state index in [0.29, 0.717) is 17.4 Å². The Hall–Kier alpha value is -2.35. The highest BCUT2D eigenvalue weighted by molar-refractivity contribution is 7.90. The molecule has 0 atom stereocenters. The number of hydrogen-bond donors (Lipinski definition) is 2. The van der Waals surface area contributed by atoms with Gasteiger partial charge in [0.05, 0.1) is 0 Å². The number of aliphatic carboxylic acids is 1. The number of fused-ring (bicyclic) bond motifs is 1. The summed E-state index contributed by atoms with van der Waals surface area (Å²) in [6.45, 7) is 0. The molecule has 7 nitrogen and oxygen atoms in total. The second kappa shape index (κ2) is 4.84. The smallest absolute Gasteiger partial charge is 0.319 e. The number of rotatable bonds is 4. The molecule has 2 aromatic rings. The van der Waals surface area contributed by atoms with Crippen LogP contribution in [-0.4, -0.2) is 25.4 Å². The standard InChI is InChI=1S/C14H13NO6S/c16-12(14(13(17)18)6-3-7-14)15-22(19,20)11-8-9-4-1-2-5-10(9)21-11/h1-2,4-5,8H,3,6-7H2,(H,15,16)(H,17,18). The van der Waals surface area contributed by atoms with Crippen molar-refractivity contribution in [3.8, 4) is 0 Å². The molecule has 2 N–H and O–H groups in total. The molecular formula is C14H13NO6S. The molecule has 0 aliphatic heterocycles. The largest absolute Gasteiger partial charge is 0.480 e. The molecule has 116 valence electrons. The maximum Gasteiger partial charge on any atom is 0.319 e. The second-order valence-electron chi connectivity index (χ2n) is 5.28. The summed E-state index contributed by atoms with van der Waals surface area (Å²) in [6.07, 6.45) is 0.831. The maximum absolute atomic E-state index is 12.2. The molecule has 3 rings (SSSR count). The van der Waals surface area contributed by atoms with E-state index in [-0.39, 0.29) is 12.8 Å². The average Bonchev–Trinajstić information content (AvgIpc) is 2.80. The zero-order chi connectivity index (χ0) is 16.0. The summed E-state index contributed by atoms with van der Waals surface area (Å²) in [5.41, 5.74) is -1.29. The van der Waals surface area contributed by atoms with Crippen LogP contribution >= 0.6 is 0 Å². The van der Waals surface area contributed by atoms with Gasteiger partial charge in [-0.25, -0.2) is 4.72 Å². The fourth-order valence-corrected chi connectivity index (χ4v) is 3.45. The molecular weight excluding hydrogens is 310 g/mol.